The third-order valence-corrected chi connectivity index (χ3v) is 3.40. The molecular formula is C14H16BrFN2O2. The zero-order valence-corrected chi connectivity index (χ0v) is 12.7. The van der Waals surface area contributed by atoms with Gasteiger partial charge in [0.1, 0.15) is 5.82 Å². The molecule has 0 saturated carbocycles. The van der Waals surface area contributed by atoms with Crippen LogP contribution in [-0.4, -0.2) is 31.8 Å². The molecule has 20 heavy (non-hydrogen) atoms. The molecule has 1 N–H and O–H groups in total. The Hall–Kier alpha value is -1.24. The average molecular weight is 343 g/mol. The summed E-state index contributed by atoms with van der Waals surface area (Å²) in [4.78, 5) is 4.22. The zero-order chi connectivity index (χ0) is 14.4. The molecule has 0 spiro atoms. The van der Waals surface area contributed by atoms with Crippen LogP contribution in [0.1, 0.15) is 5.89 Å². The van der Waals surface area contributed by atoms with Gasteiger partial charge in [-0.3, -0.25) is 0 Å². The van der Waals surface area contributed by atoms with E-state index in [0.717, 1.165) is 18.7 Å². The van der Waals surface area contributed by atoms with E-state index < -0.39 is 0 Å². The lowest BCUT2D eigenvalue weighted by Crippen LogP contribution is -2.21. The molecule has 0 unspecified atom stereocenters. The Morgan fingerprint density at radius 2 is 2.25 bits per heavy atom. The molecule has 1 aromatic heterocycles. The minimum absolute atomic E-state index is 0.289. The molecule has 4 nitrogen and oxygen atoms in total. The molecule has 0 saturated heterocycles. The molecule has 0 aliphatic heterocycles. The molecule has 6 heteroatoms. The number of rotatable bonds is 7. The summed E-state index contributed by atoms with van der Waals surface area (Å²) in [5, 5.41) is 3.22. The maximum atomic E-state index is 13.0. The summed E-state index contributed by atoms with van der Waals surface area (Å²) in [5.41, 5.74) is 0.789. The quantitative estimate of drug-likeness (QED) is 0.785. The summed E-state index contributed by atoms with van der Waals surface area (Å²) in [5.74, 6) is 0.993. The highest BCUT2D eigenvalue weighted by Gasteiger charge is 2.10. The van der Waals surface area contributed by atoms with Crippen LogP contribution in [0.4, 0.5) is 4.39 Å². The number of halogens is 2. The lowest BCUT2D eigenvalue weighted by molar-refractivity contribution is 0.199. The molecule has 0 atom stereocenters. The van der Waals surface area contributed by atoms with Crippen molar-refractivity contribution in [3.8, 4) is 11.3 Å². The first-order valence-corrected chi connectivity index (χ1v) is 7.10. The van der Waals surface area contributed by atoms with Gasteiger partial charge in [-0.25, -0.2) is 9.37 Å². The van der Waals surface area contributed by atoms with E-state index in [2.05, 4.69) is 26.2 Å². The molecule has 0 aliphatic carbocycles. The molecule has 2 rings (SSSR count). The summed E-state index contributed by atoms with van der Waals surface area (Å²) in [6.07, 6.45) is 2.35. The normalized spacial score (nSPS) is 10.9. The second kappa shape index (κ2) is 7.52. The van der Waals surface area contributed by atoms with Gasteiger partial charge in [0.05, 0.1) is 12.8 Å². The standard InChI is InChI=1S/C14H16BrFN2O2/c1-19-7-6-17-5-4-14-18-9-13(20-14)11-3-2-10(16)8-12(11)15/h2-3,8-9,17H,4-7H2,1H3. The third kappa shape index (κ3) is 4.13. The number of hydrogen-bond acceptors (Lipinski definition) is 4. The van der Waals surface area contributed by atoms with E-state index in [4.69, 9.17) is 9.15 Å². The van der Waals surface area contributed by atoms with E-state index in [-0.39, 0.29) is 5.82 Å². The van der Waals surface area contributed by atoms with Crippen molar-refractivity contribution < 1.29 is 13.5 Å². The molecular weight excluding hydrogens is 327 g/mol. The molecule has 1 heterocycles. The summed E-state index contributed by atoms with van der Waals surface area (Å²) in [7, 11) is 1.67. The third-order valence-electron chi connectivity index (χ3n) is 2.75. The number of nitrogens with one attached hydrogen (secondary N) is 1. The van der Waals surface area contributed by atoms with Gasteiger partial charge in [0.25, 0.3) is 0 Å². The van der Waals surface area contributed by atoms with Crippen LogP contribution in [0, 0.1) is 5.82 Å². The van der Waals surface area contributed by atoms with E-state index in [1.165, 1.54) is 12.1 Å². The number of hydrogen-bond donors (Lipinski definition) is 1. The molecule has 108 valence electrons. The van der Waals surface area contributed by atoms with Crippen LogP contribution in [0.5, 0.6) is 0 Å². The van der Waals surface area contributed by atoms with Gasteiger partial charge in [-0.2, -0.15) is 0 Å². The van der Waals surface area contributed by atoms with Crippen LogP contribution in [0.2, 0.25) is 0 Å². The van der Waals surface area contributed by atoms with Crippen LogP contribution in [-0.2, 0) is 11.2 Å². The first kappa shape index (κ1) is 15.2. The second-order valence-electron chi connectivity index (χ2n) is 4.24. The summed E-state index contributed by atoms with van der Waals surface area (Å²) < 4.78 is 24.3. The van der Waals surface area contributed by atoms with Crippen molar-refractivity contribution in [1.29, 1.82) is 0 Å². The molecule has 0 fully saturated rings. The van der Waals surface area contributed by atoms with Crippen LogP contribution >= 0.6 is 15.9 Å². The van der Waals surface area contributed by atoms with Crippen molar-refractivity contribution in [2.45, 2.75) is 6.42 Å². The second-order valence-corrected chi connectivity index (χ2v) is 5.09. The Balaban J connectivity index is 1.95. The van der Waals surface area contributed by atoms with Gasteiger partial charge in [-0.05, 0) is 34.1 Å². The van der Waals surface area contributed by atoms with Crippen molar-refractivity contribution >= 4 is 15.9 Å². The van der Waals surface area contributed by atoms with Crippen LogP contribution in [0.25, 0.3) is 11.3 Å². The first-order chi connectivity index (χ1) is 9.70. The average Bonchev–Trinajstić information content (AvgIpc) is 2.87. The number of nitrogens with zero attached hydrogens (tertiary/aromatic N) is 1. The minimum atomic E-state index is -0.289. The summed E-state index contributed by atoms with van der Waals surface area (Å²) in [6.45, 7) is 2.25. The van der Waals surface area contributed by atoms with Crippen molar-refractivity contribution in [1.82, 2.24) is 10.3 Å². The first-order valence-electron chi connectivity index (χ1n) is 6.30. The van der Waals surface area contributed by atoms with Gasteiger partial charge < -0.3 is 14.5 Å². The fraction of sp³-hybridized carbons (Fsp3) is 0.357. The van der Waals surface area contributed by atoms with Crippen molar-refractivity contribution in [2.24, 2.45) is 0 Å². The van der Waals surface area contributed by atoms with Gasteiger partial charge in [-0.15, -0.1) is 0 Å². The molecule has 1 aromatic carbocycles. The highest BCUT2D eigenvalue weighted by molar-refractivity contribution is 9.10. The number of methoxy groups -OCH3 is 1. The molecule has 0 radical (unpaired) electrons. The molecule has 0 aliphatic rings. The Morgan fingerprint density at radius 3 is 3.00 bits per heavy atom. The highest BCUT2D eigenvalue weighted by atomic mass is 79.9. The SMILES string of the molecule is COCCNCCc1ncc(-c2ccc(F)cc2Br)o1. The van der Waals surface area contributed by atoms with Gasteiger partial charge >= 0.3 is 0 Å². The van der Waals surface area contributed by atoms with E-state index in [9.17, 15) is 4.39 Å². The maximum absolute atomic E-state index is 13.0. The topological polar surface area (TPSA) is 47.3 Å². The zero-order valence-electron chi connectivity index (χ0n) is 11.2. The van der Waals surface area contributed by atoms with Gasteiger partial charge in [-0.1, -0.05) is 0 Å². The van der Waals surface area contributed by atoms with Gasteiger partial charge in [0.15, 0.2) is 11.7 Å². The number of benzene rings is 1. The summed E-state index contributed by atoms with van der Waals surface area (Å²) in [6, 6.07) is 4.47. The van der Waals surface area contributed by atoms with E-state index in [1.54, 1.807) is 19.4 Å². The van der Waals surface area contributed by atoms with Gasteiger partial charge in [0.2, 0.25) is 0 Å². The molecule has 0 amide bonds. The van der Waals surface area contributed by atoms with Crippen molar-refractivity contribution in [3.63, 3.8) is 0 Å². The number of ether oxygens (including phenoxy) is 1. The number of oxazole rings is 1. The van der Waals surface area contributed by atoms with E-state index in [0.29, 0.717) is 29.2 Å². The van der Waals surface area contributed by atoms with E-state index >= 15 is 0 Å². The largest absolute Gasteiger partial charge is 0.441 e. The van der Waals surface area contributed by atoms with Crippen molar-refractivity contribution in [3.05, 3.63) is 40.6 Å². The monoisotopic (exact) mass is 342 g/mol. The van der Waals surface area contributed by atoms with Gasteiger partial charge in [0, 0.05) is 36.7 Å². The predicted octanol–water partition coefficient (Wildman–Crippen LogP) is 3.02. The molecule has 0 bridgehead atoms. The van der Waals surface area contributed by atoms with Crippen molar-refractivity contribution in [2.75, 3.05) is 26.8 Å². The molecule has 2 aromatic rings. The highest BCUT2D eigenvalue weighted by Crippen LogP contribution is 2.29. The van der Waals surface area contributed by atoms with Crippen LogP contribution < -0.4 is 5.32 Å². The minimum Gasteiger partial charge on any atom is -0.441 e. The lowest BCUT2D eigenvalue weighted by Gasteiger charge is -2.02. The lowest BCUT2D eigenvalue weighted by atomic mass is 10.2. The number of aromatic nitrogens is 1. The Kier molecular flexibility index (Phi) is 5.70. The fourth-order valence-electron chi connectivity index (χ4n) is 1.73. The van der Waals surface area contributed by atoms with E-state index in [1.807, 2.05) is 0 Å². The maximum Gasteiger partial charge on any atom is 0.196 e. The Bertz CT molecular complexity index is 560. The predicted molar refractivity (Wildman–Crippen MR) is 78.0 cm³/mol. The smallest absolute Gasteiger partial charge is 0.196 e. The Morgan fingerprint density at radius 1 is 1.40 bits per heavy atom. The Labute approximate surface area is 125 Å². The van der Waals surface area contributed by atoms with Crippen LogP contribution in [0.15, 0.2) is 33.3 Å². The fourth-order valence-corrected chi connectivity index (χ4v) is 2.28. The summed E-state index contributed by atoms with van der Waals surface area (Å²) >= 11 is 3.32. The van der Waals surface area contributed by atoms with Crippen LogP contribution in [0.3, 0.4) is 0 Å².